The van der Waals surface area contributed by atoms with Crippen LogP contribution in [0, 0.1) is 12.0 Å². The Morgan fingerprint density at radius 2 is 1.93 bits per heavy atom. The SMILES string of the molecule is CC.CC.CC(C)C(=O)O[C@@H]1C[C@](C)(N)OC(c2ccc3c(N)nc(F)nn23)[C@@H]1F. The van der Waals surface area contributed by atoms with Crippen molar-refractivity contribution in [3.63, 3.8) is 0 Å². The third-order valence-corrected chi connectivity index (χ3v) is 4.22. The molecular weight excluding hydrogens is 396 g/mol. The van der Waals surface area contributed by atoms with Gasteiger partial charge in [0.2, 0.25) is 0 Å². The van der Waals surface area contributed by atoms with Crippen LogP contribution in [0.5, 0.6) is 0 Å². The highest BCUT2D eigenvalue weighted by Crippen LogP contribution is 2.39. The van der Waals surface area contributed by atoms with Gasteiger partial charge in [-0.15, -0.1) is 5.10 Å². The quantitative estimate of drug-likeness (QED) is 0.717. The molecule has 2 aromatic rings. The number of nitrogens with zero attached hydrogens (tertiary/aromatic N) is 3. The molecule has 4 N–H and O–H groups in total. The van der Waals surface area contributed by atoms with Crippen LogP contribution in [0.2, 0.25) is 0 Å². The first kappa shape index (κ1) is 25.7. The number of fused-ring (bicyclic) bond motifs is 1. The normalized spacial score (nSPS) is 25.8. The number of aromatic nitrogens is 3. The van der Waals surface area contributed by atoms with Crippen molar-refractivity contribution in [2.24, 2.45) is 11.7 Å². The van der Waals surface area contributed by atoms with Crippen LogP contribution >= 0.6 is 0 Å². The molecule has 1 fully saturated rings. The molecular formula is C20H33F2N5O3. The molecule has 0 aliphatic carbocycles. The molecule has 170 valence electrons. The van der Waals surface area contributed by atoms with Crippen molar-refractivity contribution in [2.75, 3.05) is 5.73 Å². The number of nitrogens with two attached hydrogens (primary N) is 2. The Bertz CT molecular complexity index is 841. The van der Waals surface area contributed by atoms with Crippen LogP contribution in [-0.2, 0) is 14.3 Å². The maximum absolute atomic E-state index is 15.1. The predicted octanol–water partition coefficient (Wildman–Crippen LogP) is 3.55. The number of ether oxygens (including phenoxy) is 2. The summed E-state index contributed by atoms with van der Waals surface area (Å²) in [7, 11) is 0. The van der Waals surface area contributed by atoms with E-state index in [1.165, 1.54) is 12.1 Å². The number of nitrogen functional groups attached to an aromatic ring is 1. The Morgan fingerprint density at radius 1 is 1.33 bits per heavy atom. The number of anilines is 1. The lowest BCUT2D eigenvalue weighted by Gasteiger charge is -2.41. The molecule has 0 saturated carbocycles. The molecule has 0 spiro atoms. The molecule has 1 saturated heterocycles. The number of carbonyl (C=O) groups excluding carboxylic acids is 1. The van der Waals surface area contributed by atoms with Gasteiger partial charge in [-0.2, -0.15) is 9.37 Å². The number of alkyl halides is 1. The van der Waals surface area contributed by atoms with Crippen molar-refractivity contribution in [2.45, 2.75) is 79.0 Å². The second-order valence-electron chi connectivity index (χ2n) is 6.95. The highest BCUT2D eigenvalue weighted by molar-refractivity contribution is 5.71. The maximum Gasteiger partial charge on any atom is 0.327 e. The monoisotopic (exact) mass is 429 g/mol. The van der Waals surface area contributed by atoms with Crippen LogP contribution in [-0.4, -0.2) is 38.6 Å². The molecule has 1 aliphatic heterocycles. The van der Waals surface area contributed by atoms with E-state index in [1.807, 2.05) is 27.7 Å². The summed E-state index contributed by atoms with van der Waals surface area (Å²) >= 11 is 0. The third-order valence-electron chi connectivity index (χ3n) is 4.22. The van der Waals surface area contributed by atoms with Gasteiger partial charge in [-0.25, -0.2) is 8.91 Å². The van der Waals surface area contributed by atoms with E-state index in [9.17, 15) is 9.18 Å². The van der Waals surface area contributed by atoms with Gasteiger partial charge in [0, 0.05) is 6.42 Å². The number of rotatable bonds is 3. The summed E-state index contributed by atoms with van der Waals surface area (Å²) in [5.74, 6) is -1.04. The van der Waals surface area contributed by atoms with Gasteiger partial charge in [-0.05, 0) is 19.1 Å². The number of esters is 1. The van der Waals surface area contributed by atoms with Gasteiger partial charge < -0.3 is 20.9 Å². The number of halogens is 2. The summed E-state index contributed by atoms with van der Waals surface area (Å²) in [5.41, 5.74) is 11.0. The molecule has 8 nitrogen and oxygen atoms in total. The average Bonchev–Trinajstić information content (AvgIpc) is 3.11. The van der Waals surface area contributed by atoms with Crippen molar-refractivity contribution in [1.82, 2.24) is 14.6 Å². The molecule has 4 atom stereocenters. The zero-order valence-corrected chi connectivity index (χ0v) is 18.6. The number of hydrogen-bond donors (Lipinski definition) is 2. The lowest BCUT2D eigenvalue weighted by Crippen LogP contribution is -2.54. The van der Waals surface area contributed by atoms with Crippen molar-refractivity contribution in [3.8, 4) is 0 Å². The Hall–Kier alpha value is -2.33. The molecule has 3 heterocycles. The maximum atomic E-state index is 15.1. The summed E-state index contributed by atoms with van der Waals surface area (Å²) in [4.78, 5) is 15.3. The molecule has 30 heavy (non-hydrogen) atoms. The second kappa shape index (κ2) is 10.6. The molecule has 10 heteroatoms. The van der Waals surface area contributed by atoms with Crippen LogP contribution in [0.3, 0.4) is 0 Å². The van der Waals surface area contributed by atoms with Crippen molar-refractivity contribution in [1.29, 1.82) is 0 Å². The minimum Gasteiger partial charge on any atom is -0.459 e. The first-order valence-corrected chi connectivity index (χ1v) is 10.2. The van der Waals surface area contributed by atoms with E-state index in [4.69, 9.17) is 20.9 Å². The van der Waals surface area contributed by atoms with Gasteiger partial charge in [0.1, 0.15) is 23.4 Å². The zero-order chi connectivity index (χ0) is 23.2. The van der Waals surface area contributed by atoms with Crippen LogP contribution in [0.25, 0.3) is 5.52 Å². The molecule has 0 aromatic carbocycles. The van der Waals surface area contributed by atoms with E-state index in [0.29, 0.717) is 5.52 Å². The summed E-state index contributed by atoms with van der Waals surface area (Å²) in [6.45, 7) is 12.9. The van der Waals surface area contributed by atoms with Crippen molar-refractivity contribution < 1.29 is 23.0 Å². The fourth-order valence-electron chi connectivity index (χ4n) is 2.95. The van der Waals surface area contributed by atoms with Crippen molar-refractivity contribution in [3.05, 3.63) is 23.9 Å². The van der Waals surface area contributed by atoms with Gasteiger partial charge in [0.15, 0.2) is 12.0 Å². The van der Waals surface area contributed by atoms with Crippen molar-refractivity contribution >= 4 is 17.3 Å². The first-order chi connectivity index (χ1) is 14.1. The molecule has 1 aliphatic rings. The summed E-state index contributed by atoms with van der Waals surface area (Å²) in [6.07, 6.45) is -5.12. The molecule has 0 radical (unpaired) electrons. The van der Waals surface area contributed by atoms with Crippen LogP contribution in [0.4, 0.5) is 14.6 Å². The fourth-order valence-corrected chi connectivity index (χ4v) is 2.95. The van der Waals surface area contributed by atoms with Gasteiger partial charge in [0.25, 0.3) is 0 Å². The number of hydrogen-bond acceptors (Lipinski definition) is 7. The van der Waals surface area contributed by atoms with E-state index in [2.05, 4.69) is 10.1 Å². The van der Waals surface area contributed by atoms with E-state index in [-0.39, 0.29) is 17.9 Å². The van der Waals surface area contributed by atoms with Gasteiger partial charge in [0.05, 0.1) is 11.6 Å². The standard InChI is InChI=1S/C16H21F2N5O3.2C2H6/c1-7(2)14(24)25-10-6-16(3,20)26-12(11(10)17)8-4-5-9-13(19)21-15(18)22-23(8)9;2*1-2/h4-5,7,10-12H,6,20H2,1-3H3,(H2,19,21,22);2*1-2H3/t10-,11-,12?,16-;;/m1../s1. The Kier molecular flexibility index (Phi) is 9.10. The Labute approximate surface area is 175 Å². The van der Waals surface area contributed by atoms with Gasteiger partial charge in [-0.3, -0.25) is 4.79 Å². The molecule has 3 rings (SSSR count). The first-order valence-electron chi connectivity index (χ1n) is 10.2. The summed E-state index contributed by atoms with van der Waals surface area (Å²) in [6, 6.07) is 3.03. The van der Waals surface area contributed by atoms with E-state index < -0.39 is 42.1 Å². The molecule has 2 aromatic heterocycles. The zero-order valence-electron chi connectivity index (χ0n) is 18.6. The highest BCUT2D eigenvalue weighted by atomic mass is 19.1. The second-order valence-corrected chi connectivity index (χ2v) is 6.95. The van der Waals surface area contributed by atoms with Crippen LogP contribution in [0.15, 0.2) is 12.1 Å². The minimum absolute atomic E-state index is 0.0160. The smallest absolute Gasteiger partial charge is 0.327 e. The third kappa shape index (κ3) is 5.63. The van der Waals surface area contributed by atoms with E-state index in [1.54, 1.807) is 20.8 Å². The lowest BCUT2D eigenvalue weighted by atomic mass is 9.94. The summed E-state index contributed by atoms with van der Waals surface area (Å²) < 4.78 is 40.7. The van der Waals surface area contributed by atoms with Crippen LogP contribution < -0.4 is 11.5 Å². The van der Waals surface area contributed by atoms with Gasteiger partial charge in [-0.1, -0.05) is 41.5 Å². The molecule has 0 amide bonds. The fraction of sp³-hybridized carbons (Fsp3) is 0.650. The largest absolute Gasteiger partial charge is 0.459 e. The van der Waals surface area contributed by atoms with E-state index >= 15 is 4.39 Å². The average molecular weight is 430 g/mol. The Balaban J connectivity index is 0.00000106. The molecule has 1 unspecified atom stereocenters. The lowest BCUT2D eigenvalue weighted by molar-refractivity contribution is -0.208. The van der Waals surface area contributed by atoms with Crippen LogP contribution in [0.1, 0.15) is 66.7 Å². The summed E-state index contributed by atoms with van der Waals surface area (Å²) in [5, 5.41) is 3.63. The predicted molar refractivity (Wildman–Crippen MR) is 111 cm³/mol. The molecule has 0 bridgehead atoms. The van der Waals surface area contributed by atoms with E-state index in [0.717, 1.165) is 4.52 Å². The number of carbonyl (C=O) groups is 1. The minimum atomic E-state index is -1.72. The topological polar surface area (TPSA) is 118 Å². The Morgan fingerprint density at radius 3 is 2.50 bits per heavy atom. The highest BCUT2D eigenvalue weighted by Gasteiger charge is 2.47. The van der Waals surface area contributed by atoms with Gasteiger partial charge >= 0.3 is 12.0 Å².